The highest BCUT2D eigenvalue weighted by atomic mass is 16.5. The third kappa shape index (κ3) is 7.64. The fourth-order valence-electron chi connectivity index (χ4n) is 3.24. The third-order valence-electron chi connectivity index (χ3n) is 4.89. The molecule has 2 rings (SSSR count). The van der Waals surface area contributed by atoms with Crippen LogP contribution >= 0.6 is 0 Å². The highest BCUT2D eigenvalue weighted by Crippen LogP contribution is 2.27. The Kier molecular flexibility index (Phi) is 9.21. The molecule has 7 nitrogen and oxygen atoms in total. The molecule has 0 atom stereocenters. The van der Waals surface area contributed by atoms with Crippen LogP contribution in [0.25, 0.3) is 0 Å². The standard InChI is InChI=1S/C20H35N5O2/c1-24-11-5-13-25(15-14-24)12-4-9-22-20(21)23-10-8-17-6-7-18(26-2)19(16-17)27-3/h6-7,16H,4-5,8-15H2,1-3H3,(H3,21,22,23). The molecule has 0 bridgehead atoms. The topological polar surface area (TPSA) is 75.4 Å². The number of methoxy groups -OCH3 is 2. The van der Waals surface area contributed by atoms with Crippen LogP contribution in [0.15, 0.2) is 23.2 Å². The fourth-order valence-corrected chi connectivity index (χ4v) is 3.24. The minimum atomic E-state index is 0.520. The summed E-state index contributed by atoms with van der Waals surface area (Å²) in [5, 5.41) is 3.19. The van der Waals surface area contributed by atoms with Crippen LogP contribution in [-0.2, 0) is 6.42 Å². The minimum absolute atomic E-state index is 0.520. The van der Waals surface area contributed by atoms with Crippen LogP contribution in [0.4, 0.5) is 0 Å². The number of aliphatic imine (C=N–C) groups is 1. The maximum Gasteiger partial charge on any atom is 0.188 e. The molecular weight excluding hydrogens is 342 g/mol. The van der Waals surface area contributed by atoms with Crippen molar-refractivity contribution in [2.24, 2.45) is 10.7 Å². The van der Waals surface area contributed by atoms with Crippen molar-refractivity contribution in [3.63, 3.8) is 0 Å². The number of benzene rings is 1. The second-order valence-electron chi connectivity index (χ2n) is 6.99. The monoisotopic (exact) mass is 377 g/mol. The molecule has 1 saturated heterocycles. The van der Waals surface area contributed by atoms with Gasteiger partial charge in [-0.1, -0.05) is 6.07 Å². The van der Waals surface area contributed by atoms with E-state index in [1.807, 2.05) is 18.2 Å². The maximum atomic E-state index is 5.98. The van der Waals surface area contributed by atoms with Crippen LogP contribution in [0.3, 0.4) is 0 Å². The first-order valence-corrected chi connectivity index (χ1v) is 9.78. The summed E-state index contributed by atoms with van der Waals surface area (Å²) in [5.41, 5.74) is 7.14. The van der Waals surface area contributed by atoms with E-state index >= 15 is 0 Å². The first-order chi connectivity index (χ1) is 13.1. The predicted octanol–water partition coefficient (Wildman–Crippen LogP) is 1.18. The number of nitrogens with two attached hydrogens (primary N) is 1. The van der Waals surface area contributed by atoms with Gasteiger partial charge in [0, 0.05) is 26.2 Å². The van der Waals surface area contributed by atoms with Crippen LogP contribution in [0, 0.1) is 0 Å². The summed E-state index contributed by atoms with van der Waals surface area (Å²) in [6.45, 7) is 7.29. The fraction of sp³-hybridized carbons (Fsp3) is 0.650. The van der Waals surface area contributed by atoms with Crippen LogP contribution in [0.2, 0.25) is 0 Å². The van der Waals surface area contributed by atoms with Gasteiger partial charge in [-0.05, 0) is 63.6 Å². The van der Waals surface area contributed by atoms with E-state index in [0.717, 1.165) is 57.1 Å². The molecule has 7 heteroatoms. The van der Waals surface area contributed by atoms with E-state index < -0.39 is 0 Å². The predicted molar refractivity (Wildman–Crippen MR) is 111 cm³/mol. The molecule has 1 aromatic carbocycles. The van der Waals surface area contributed by atoms with E-state index in [2.05, 4.69) is 27.2 Å². The summed E-state index contributed by atoms with van der Waals surface area (Å²) in [6, 6.07) is 5.95. The van der Waals surface area contributed by atoms with Gasteiger partial charge >= 0.3 is 0 Å². The normalized spacial score (nSPS) is 16.8. The summed E-state index contributed by atoms with van der Waals surface area (Å²) in [5.74, 6) is 2.01. The van der Waals surface area contributed by atoms with Gasteiger partial charge < -0.3 is 30.3 Å². The Balaban J connectivity index is 1.64. The molecule has 0 saturated carbocycles. The van der Waals surface area contributed by atoms with Crippen molar-refractivity contribution in [1.82, 2.24) is 15.1 Å². The Bertz CT molecular complexity index is 594. The molecule has 0 amide bonds. The Morgan fingerprint density at radius 2 is 1.96 bits per heavy atom. The van der Waals surface area contributed by atoms with Crippen LogP contribution in [-0.4, -0.2) is 82.8 Å². The molecule has 1 fully saturated rings. The van der Waals surface area contributed by atoms with Crippen molar-refractivity contribution in [3.05, 3.63) is 23.8 Å². The molecule has 0 aliphatic carbocycles. The van der Waals surface area contributed by atoms with Gasteiger partial charge in [0.15, 0.2) is 17.5 Å². The lowest BCUT2D eigenvalue weighted by Gasteiger charge is -2.19. The summed E-state index contributed by atoms with van der Waals surface area (Å²) in [6.07, 6.45) is 3.14. The van der Waals surface area contributed by atoms with E-state index in [9.17, 15) is 0 Å². The second kappa shape index (κ2) is 11.7. The van der Waals surface area contributed by atoms with Crippen molar-refractivity contribution >= 4 is 5.96 Å². The molecule has 1 aliphatic rings. The summed E-state index contributed by atoms with van der Waals surface area (Å²) < 4.78 is 10.6. The molecule has 0 unspecified atom stereocenters. The van der Waals surface area contributed by atoms with Gasteiger partial charge in [-0.15, -0.1) is 0 Å². The van der Waals surface area contributed by atoms with E-state index in [4.69, 9.17) is 15.2 Å². The van der Waals surface area contributed by atoms with Crippen LogP contribution in [0.1, 0.15) is 18.4 Å². The zero-order valence-corrected chi connectivity index (χ0v) is 17.0. The molecule has 3 N–H and O–H groups in total. The number of hydrogen-bond acceptors (Lipinski definition) is 5. The number of ether oxygens (including phenoxy) is 2. The van der Waals surface area contributed by atoms with Gasteiger partial charge in [0.05, 0.1) is 14.2 Å². The first-order valence-electron chi connectivity index (χ1n) is 9.78. The van der Waals surface area contributed by atoms with Crippen LogP contribution in [0.5, 0.6) is 11.5 Å². The largest absolute Gasteiger partial charge is 0.493 e. The smallest absolute Gasteiger partial charge is 0.188 e. The van der Waals surface area contributed by atoms with E-state index in [-0.39, 0.29) is 0 Å². The second-order valence-corrected chi connectivity index (χ2v) is 6.99. The molecular formula is C20H35N5O2. The van der Waals surface area contributed by atoms with Crippen LogP contribution < -0.4 is 20.5 Å². The SMILES string of the molecule is COc1ccc(CCNC(N)=NCCCN2CCCN(C)CC2)cc1OC. The molecule has 1 aliphatic heterocycles. The number of nitrogens with zero attached hydrogens (tertiary/aromatic N) is 3. The maximum absolute atomic E-state index is 5.98. The van der Waals surface area contributed by atoms with Gasteiger partial charge in [-0.2, -0.15) is 0 Å². The molecule has 0 aromatic heterocycles. The van der Waals surface area contributed by atoms with E-state index in [0.29, 0.717) is 5.96 Å². The van der Waals surface area contributed by atoms with Crippen molar-refractivity contribution < 1.29 is 9.47 Å². The Morgan fingerprint density at radius 3 is 2.74 bits per heavy atom. The average molecular weight is 378 g/mol. The van der Waals surface area contributed by atoms with Crippen molar-refractivity contribution in [3.8, 4) is 11.5 Å². The van der Waals surface area contributed by atoms with Crippen molar-refractivity contribution in [2.45, 2.75) is 19.3 Å². The Labute approximate surface area is 163 Å². The van der Waals surface area contributed by atoms with Gasteiger partial charge in [0.2, 0.25) is 0 Å². The van der Waals surface area contributed by atoms with Gasteiger partial charge in [-0.3, -0.25) is 4.99 Å². The quantitative estimate of drug-likeness (QED) is 0.382. The number of guanidine groups is 1. The lowest BCUT2D eigenvalue weighted by molar-refractivity contribution is 0.275. The van der Waals surface area contributed by atoms with Gasteiger partial charge in [0.25, 0.3) is 0 Å². The molecule has 1 aromatic rings. The summed E-state index contributed by atoms with van der Waals surface area (Å²) in [7, 11) is 5.48. The summed E-state index contributed by atoms with van der Waals surface area (Å²) in [4.78, 5) is 9.37. The van der Waals surface area contributed by atoms with Gasteiger partial charge in [0.1, 0.15) is 0 Å². The Morgan fingerprint density at radius 1 is 1.15 bits per heavy atom. The number of likely N-dealkylation sites (N-methyl/N-ethyl adjacent to an activating group) is 1. The lowest BCUT2D eigenvalue weighted by atomic mass is 10.1. The Hall–Kier alpha value is -1.99. The molecule has 1 heterocycles. The third-order valence-corrected chi connectivity index (χ3v) is 4.89. The zero-order valence-electron chi connectivity index (χ0n) is 17.0. The molecule has 0 radical (unpaired) electrons. The number of hydrogen-bond donors (Lipinski definition) is 2. The molecule has 152 valence electrons. The first kappa shape index (κ1) is 21.3. The van der Waals surface area contributed by atoms with E-state index in [1.165, 1.54) is 25.1 Å². The lowest BCUT2D eigenvalue weighted by Crippen LogP contribution is -2.34. The zero-order chi connectivity index (χ0) is 19.5. The average Bonchev–Trinajstić information content (AvgIpc) is 2.89. The highest BCUT2D eigenvalue weighted by Gasteiger charge is 2.11. The summed E-state index contributed by atoms with van der Waals surface area (Å²) >= 11 is 0. The van der Waals surface area contributed by atoms with Gasteiger partial charge in [-0.25, -0.2) is 0 Å². The minimum Gasteiger partial charge on any atom is -0.493 e. The molecule has 27 heavy (non-hydrogen) atoms. The van der Waals surface area contributed by atoms with Crippen molar-refractivity contribution in [2.75, 3.05) is 67.1 Å². The number of rotatable bonds is 9. The highest BCUT2D eigenvalue weighted by molar-refractivity contribution is 5.77. The number of nitrogens with one attached hydrogen (secondary N) is 1. The van der Waals surface area contributed by atoms with E-state index in [1.54, 1.807) is 14.2 Å². The van der Waals surface area contributed by atoms with Crippen molar-refractivity contribution in [1.29, 1.82) is 0 Å². The molecule has 0 spiro atoms.